The molecule has 0 unspecified atom stereocenters. The minimum Gasteiger partial charge on any atom is -0.385 e. The summed E-state index contributed by atoms with van der Waals surface area (Å²) in [5.74, 6) is 0. The van der Waals surface area contributed by atoms with Crippen molar-refractivity contribution < 1.29 is 28.8 Å². The lowest BCUT2D eigenvalue weighted by Gasteiger charge is -2.49. The number of hydrogen-bond acceptors (Lipinski definition) is 6. The Morgan fingerprint density at radius 2 is 1.20 bits per heavy atom. The van der Waals surface area contributed by atoms with Crippen molar-refractivity contribution in [3.63, 3.8) is 0 Å². The van der Waals surface area contributed by atoms with E-state index in [9.17, 15) is 5.11 Å². The van der Waals surface area contributed by atoms with Crippen LogP contribution in [0.5, 0.6) is 0 Å². The lowest BCUT2D eigenvalue weighted by molar-refractivity contribution is -0.333. The van der Waals surface area contributed by atoms with Gasteiger partial charge in [0.15, 0.2) is 6.29 Å². The molecule has 0 amide bonds. The molecule has 5 atom stereocenters. The van der Waals surface area contributed by atoms with E-state index in [4.69, 9.17) is 23.7 Å². The van der Waals surface area contributed by atoms with E-state index in [2.05, 4.69) is 36.4 Å². The molecule has 4 rings (SSSR count). The SMILES string of the molecule is CO[C@@H]1O[C@H](COC(c2ccccc2)(c2ccccc2)c2ccccc2)[C@](C)(O)[C@H](OC)[C@H]1OC. The normalized spacial score (nSPS) is 27.0. The monoisotopic (exact) mass is 478 g/mol. The molecule has 35 heavy (non-hydrogen) atoms. The molecule has 1 heterocycles. The Bertz CT molecular complexity index is 944. The maximum absolute atomic E-state index is 11.6. The Morgan fingerprint density at radius 3 is 1.57 bits per heavy atom. The van der Waals surface area contributed by atoms with Crippen molar-refractivity contribution in [3.8, 4) is 0 Å². The highest BCUT2D eigenvalue weighted by Crippen LogP contribution is 2.42. The summed E-state index contributed by atoms with van der Waals surface area (Å²) >= 11 is 0. The summed E-state index contributed by atoms with van der Waals surface area (Å²) in [6.07, 6.45) is -2.75. The lowest BCUT2D eigenvalue weighted by Crippen LogP contribution is -2.67. The Labute approximate surface area is 207 Å². The fourth-order valence-corrected chi connectivity index (χ4v) is 5.01. The highest BCUT2D eigenvalue weighted by Gasteiger charge is 2.54. The van der Waals surface area contributed by atoms with E-state index in [1.165, 1.54) is 0 Å². The molecule has 0 aromatic heterocycles. The molecule has 1 saturated heterocycles. The topological polar surface area (TPSA) is 66.4 Å². The summed E-state index contributed by atoms with van der Waals surface area (Å²) in [6.45, 7) is 1.75. The van der Waals surface area contributed by atoms with Crippen LogP contribution in [0.25, 0.3) is 0 Å². The van der Waals surface area contributed by atoms with E-state index in [0.29, 0.717) is 0 Å². The van der Waals surface area contributed by atoms with Crippen LogP contribution >= 0.6 is 0 Å². The van der Waals surface area contributed by atoms with Crippen LogP contribution in [0.4, 0.5) is 0 Å². The van der Waals surface area contributed by atoms with Gasteiger partial charge in [-0.05, 0) is 23.6 Å². The summed E-state index contributed by atoms with van der Waals surface area (Å²) in [5.41, 5.74) is 0.560. The Kier molecular flexibility index (Phi) is 8.02. The van der Waals surface area contributed by atoms with Crippen LogP contribution < -0.4 is 0 Å². The van der Waals surface area contributed by atoms with E-state index >= 15 is 0 Å². The van der Waals surface area contributed by atoms with E-state index in [0.717, 1.165) is 16.7 Å². The smallest absolute Gasteiger partial charge is 0.186 e. The fourth-order valence-electron chi connectivity index (χ4n) is 5.01. The second kappa shape index (κ2) is 11.0. The second-order valence-electron chi connectivity index (χ2n) is 8.90. The number of aliphatic hydroxyl groups is 1. The maximum Gasteiger partial charge on any atom is 0.186 e. The van der Waals surface area contributed by atoms with Crippen LogP contribution in [-0.4, -0.2) is 63.2 Å². The lowest BCUT2D eigenvalue weighted by atomic mass is 9.79. The van der Waals surface area contributed by atoms with Gasteiger partial charge in [-0.1, -0.05) is 91.0 Å². The third-order valence-corrected chi connectivity index (χ3v) is 6.84. The average Bonchev–Trinajstić information content (AvgIpc) is 2.91. The fraction of sp³-hybridized carbons (Fsp3) is 0.379. The quantitative estimate of drug-likeness (QED) is 0.466. The van der Waals surface area contributed by atoms with Gasteiger partial charge < -0.3 is 28.8 Å². The van der Waals surface area contributed by atoms with Crippen LogP contribution in [0.3, 0.4) is 0 Å². The minimum absolute atomic E-state index is 0.0713. The van der Waals surface area contributed by atoms with E-state index in [1.54, 1.807) is 28.3 Å². The molecule has 3 aromatic carbocycles. The molecule has 1 aliphatic rings. The molecule has 1 aliphatic heterocycles. The Hall–Kier alpha value is -2.58. The first-order valence-electron chi connectivity index (χ1n) is 11.8. The molecule has 1 fully saturated rings. The first kappa shape index (κ1) is 25.5. The van der Waals surface area contributed by atoms with Crippen molar-refractivity contribution in [2.75, 3.05) is 27.9 Å². The van der Waals surface area contributed by atoms with E-state index < -0.39 is 35.8 Å². The van der Waals surface area contributed by atoms with Gasteiger partial charge in [0.05, 0.1) is 6.61 Å². The van der Waals surface area contributed by atoms with Gasteiger partial charge in [-0.3, -0.25) is 0 Å². The maximum atomic E-state index is 11.6. The van der Waals surface area contributed by atoms with Gasteiger partial charge in [-0.2, -0.15) is 0 Å². The zero-order valence-corrected chi connectivity index (χ0v) is 20.7. The van der Waals surface area contributed by atoms with Crippen molar-refractivity contribution in [1.29, 1.82) is 0 Å². The van der Waals surface area contributed by atoms with Gasteiger partial charge in [0.2, 0.25) is 0 Å². The standard InChI is InChI=1S/C29H34O6/c1-28(30)24(35-27(33-4)25(31-2)26(28)32-3)20-34-29(21-14-8-5-9-15-21,22-16-10-6-11-17-22)23-18-12-7-13-19-23/h5-19,24-27,30H,20H2,1-4H3/t24-,25-,26-,27-,28+/m1/s1. The largest absolute Gasteiger partial charge is 0.385 e. The minimum atomic E-state index is -1.40. The van der Waals surface area contributed by atoms with Gasteiger partial charge in [0, 0.05) is 21.3 Å². The van der Waals surface area contributed by atoms with Crippen LogP contribution in [0, 0.1) is 0 Å². The summed E-state index contributed by atoms with van der Waals surface area (Å²) in [5, 5.41) is 11.6. The Morgan fingerprint density at radius 1 is 0.743 bits per heavy atom. The van der Waals surface area contributed by atoms with Crippen molar-refractivity contribution in [2.24, 2.45) is 0 Å². The number of ether oxygens (including phenoxy) is 5. The zero-order chi connectivity index (χ0) is 24.9. The first-order chi connectivity index (χ1) is 17.0. The van der Waals surface area contributed by atoms with Gasteiger partial charge >= 0.3 is 0 Å². The van der Waals surface area contributed by atoms with Gasteiger partial charge in [0.25, 0.3) is 0 Å². The average molecular weight is 479 g/mol. The van der Waals surface area contributed by atoms with Crippen LogP contribution in [-0.2, 0) is 29.3 Å². The molecule has 3 aromatic rings. The molecule has 6 nitrogen and oxygen atoms in total. The molecule has 0 spiro atoms. The van der Waals surface area contributed by atoms with Crippen molar-refractivity contribution in [1.82, 2.24) is 0 Å². The van der Waals surface area contributed by atoms with Crippen LogP contribution in [0.1, 0.15) is 23.6 Å². The molecule has 0 bridgehead atoms. The molecule has 0 radical (unpaired) electrons. The number of benzene rings is 3. The molecule has 1 N–H and O–H groups in total. The first-order valence-corrected chi connectivity index (χ1v) is 11.8. The summed E-state index contributed by atoms with van der Waals surface area (Å²) in [6, 6.07) is 30.2. The van der Waals surface area contributed by atoms with Gasteiger partial charge in [0.1, 0.15) is 29.5 Å². The predicted octanol–water partition coefficient (Wildman–Crippen LogP) is 4.15. The molecular formula is C29H34O6. The number of hydrogen-bond donors (Lipinski definition) is 1. The summed E-state index contributed by atoms with van der Waals surface area (Å²) in [4.78, 5) is 0. The highest BCUT2D eigenvalue weighted by atomic mass is 16.7. The van der Waals surface area contributed by atoms with Crippen molar-refractivity contribution in [2.45, 2.75) is 42.7 Å². The van der Waals surface area contributed by atoms with Crippen LogP contribution in [0.15, 0.2) is 91.0 Å². The Balaban J connectivity index is 1.79. The highest BCUT2D eigenvalue weighted by molar-refractivity contribution is 5.47. The van der Waals surface area contributed by atoms with Crippen LogP contribution in [0.2, 0.25) is 0 Å². The zero-order valence-electron chi connectivity index (χ0n) is 20.7. The third kappa shape index (κ3) is 4.78. The molecule has 0 aliphatic carbocycles. The van der Waals surface area contributed by atoms with Crippen molar-refractivity contribution in [3.05, 3.63) is 108 Å². The van der Waals surface area contributed by atoms with Gasteiger partial charge in [-0.25, -0.2) is 0 Å². The number of methoxy groups -OCH3 is 3. The molecule has 6 heteroatoms. The van der Waals surface area contributed by atoms with Crippen molar-refractivity contribution >= 4 is 0 Å². The molecular weight excluding hydrogens is 444 g/mol. The van der Waals surface area contributed by atoms with E-state index in [1.807, 2.05) is 54.6 Å². The van der Waals surface area contributed by atoms with Gasteiger partial charge in [-0.15, -0.1) is 0 Å². The molecule has 186 valence electrons. The molecule has 0 saturated carbocycles. The summed E-state index contributed by atoms with van der Waals surface area (Å²) < 4.78 is 29.8. The van der Waals surface area contributed by atoms with E-state index in [-0.39, 0.29) is 6.61 Å². The predicted molar refractivity (Wildman–Crippen MR) is 133 cm³/mol. The number of rotatable bonds is 9. The third-order valence-electron chi connectivity index (χ3n) is 6.84. The summed E-state index contributed by atoms with van der Waals surface area (Å²) in [7, 11) is 4.64. The second-order valence-corrected chi connectivity index (χ2v) is 8.90.